The number of nitrogens with two attached hydrogens (primary N) is 1. The maximum absolute atomic E-state index is 5.97. The average molecular weight is 297 g/mol. The highest BCUT2D eigenvalue weighted by Crippen LogP contribution is 2.26. The molecule has 0 amide bonds. The van der Waals surface area contributed by atoms with Crippen LogP contribution in [0.4, 0.5) is 0 Å². The number of hydrogen-bond donors (Lipinski definition) is 1. The first-order valence-corrected chi connectivity index (χ1v) is 7.19. The monoisotopic (exact) mass is 296 g/mol. The maximum atomic E-state index is 5.97. The maximum Gasteiger partial charge on any atom is 0.0470 e. The van der Waals surface area contributed by atoms with Crippen molar-refractivity contribution in [2.24, 2.45) is 11.7 Å². The second-order valence-electron chi connectivity index (χ2n) is 5.05. The highest BCUT2D eigenvalue weighted by Gasteiger charge is 2.23. The van der Waals surface area contributed by atoms with E-state index < -0.39 is 0 Å². The Hall–Kier alpha value is -0.380. The van der Waals surface area contributed by atoms with E-state index in [1.54, 1.807) is 0 Å². The summed E-state index contributed by atoms with van der Waals surface area (Å²) in [4.78, 5) is 2.54. The first-order valence-electron chi connectivity index (χ1n) is 6.40. The Balaban J connectivity index is 2.12. The van der Waals surface area contributed by atoms with Gasteiger partial charge in [-0.15, -0.1) is 0 Å². The van der Waals surface area contributed by atoms with Crippen molar-refractivity contribution in [2.75, 3.05) is 19.6 Å². The van der Waals surface area contributed by atoms with Gasteiger partial charge in [-0.1, -0.05) is 35.0 Å². The number of hydrogen-bond acceptors (Lipinski definition) is 2. The van der Waals surface area contributed by atoms with Crippen molar-refractivity contribution >= 4 is 15.9 Å². The largest absolute Gasteiger partial charge is 0.329 e. The van der Waals surface area contributed by atoms with E-state index in [2.05, 4.69) is 52.0 Å². The number of nitrogens with zero attached hydrogens (tertiary/aromatic N) is 1. The molecule has 2 nitrogen and oxygen atoms in total. The van der Waals surface area contributed by atoms with E-state index in [4.69, 9.17) is 5.73 Å². The predicted octanol–water partition coefficient (Wildman–Crippen LogP) is 3.18. The fourth-order valence-corrected chi connectivity index (χ4v) is 2.95. The van der Waals surface area contributed by atoms with E-state index in [0.29, 0.717) is 12.6 Å². The molecule has 2 N–H and O–H groups in total. The van der Waals surface area contributed by atoms with Crippen LogP contribution in [0.5, 0.6) is 0 Å². The van der Waals surface area contributed by atoms with Crippen LogP contribution in [0.15, 0.2) is 28.7 Å². The van der Waals surface area contributed by atoms with Crippen LogP contribution in [-0.4, -0.2) is 24.5 Å². The first-order chi connectivity index (χ1) is 8.20. The number of rotatable bonds is 3. The minimum absolute atomic E-state index is 0.380. The van der Waals surface area contributed by atoms with Crippen molar-refractivity contribution in [3.8, 4) is 0 Å². The predicted molar refractivity (Wildman–Crippen MR) is 75.9 cm³/mol. The summed E-state index contributed by atoms with van der Waals surface area (Å²) in [6.45, 7) is 5.40. The third-order valence-corrected chi connectivity index (χ3v) is 4.14. The van der Waals surface area contributed by atoms with Crippen LogP contribution >= 0.6 is 15.9 Å². The zero-order valence-electron chi connectivity index (χ0n) is 10.4. The summed E-state index contributed by atoms with van der Waals surface area (Å²) >= 11 is 3.48. The van der Waals surface area contributed by atoms with Gasteiger partial charge in [-0.05, 0) is 43.0 Å². The van der Waals surface area contributed by atoms with Gasteiger partial charge in [0.15, 0.2) is 0 Å². The Kier molecular flexibility index (Phi) is 4.60. The van der Waals surface area contributed by atoms with Gasteiger partial charge in [0, 0.05) is 23.6 Å². The molecule has 0 saturated carbocycles. The lowest BCUT2D eigenvalue weighted by Crippen LogP contribution is -2.40. The molecule has 1 aliphatic rings. The Bertz CT molecular complexity index is 350. The van der Waals surface area contributed by atoms with Gasteiger partial charge in [0.25, 0.3) is 0 Å². The van der Waals surface area contributed by atoms with Crippen molar-refractivity contribution in [1.82, 2.24) is 4.90 Å². The van der Waals surface area contributed by atoms with Gasteiger partial charge < -0.3 is 5.73 Å². The molecule has 1 aromatic carbocycles. The molecular weight excluding hydrogens is 276 g/mol. The summed E-state index contributed by atoms with van der Waals surface area (Å²) in [5.41, 5.74) is 7.30. The van der Waals surface area contributed by atoms with Gasteiger partial charge in [0.05, 0.1) is 0 Å². The van der Waals surface area contributed by atoms with Crippen LogP contribution in [0.25, 0.3) is 0 Å². The number of halogens is 1. The Morgan fingerprint density at radius 2 is 2.12 bits per heavy atom. The number of likely N-dealkylation sites (tertiary alicyclic amines) is 1. The molecule has 2 unspecified atom stereocenters. The molecule has 0 radical (unpaired) electrons. The van der Waals surface area contributed by atoms with Crippen LogP contribution in [0.3, 0.4) is 0 Å². The van der Waals surface area contributed by atoms with Gasteiger partial charge in [-0.2, -0.15) is 0 Å². The highest BCUT2D eigenvalue weighted by molar-refractivity contribution is 9.10. The molecular formula is C14H21BrN2. The average Bonchev–Trinajstić information content (AvgIpc) is 2.33. The van der Waals surface area contributed by atoms with Crippen molar-refractivity contribution in [3.05, 3.63) is 34.3 Å². The van der Waals surface area contributed by atoms with Gasteiger partial charge in [-0.25, -0.2) is 0 Å². The second-order valence-corrected chi connectivity index (χ2v) is 5.96. The molecule has 0 spiro atoms. The smallest absolute Gasteiger partial charge is 0.0470 e. The molecule has 1 fully saturated rings. The molecule has 0 aliphatic carbocycles. The molecule has 0 aromatic heterocycles. The zero-order valence-corrected chi connectivity index (χ0v) is 12.0. The van der Waals surface area contributed by atoms with Crippen LogP contribution in [0.1, 0.15) is 31.4 Å². The third kappa shape index (κ3) is 3.30. The van der Waals surface area contributed by atoms with Gasteiger partial charge >= 0.3 is 0 Å². The molecule has 2 atom stereocenters. The zero-order chi connectivity index (χ0) is 12.3. The minimum Gasteiger partial charge on any atom is -0.329 e. The Labute approximate surface area is 112 Å². The van der Waals surface area contributed by atoms with E-state index in [1.165, 1.54) is 31.5 Å². The van der Waals surface area contributed by atoms with Gasteiger partial charge in [-0.3, -0.25) is 4.90 Å². The standard InChI is InChI=1S/C14H21BrN2/c1-11-3-2-8-17(10-11)14(9-16)12-4-6-13(15)7-5-12/h4-7,11,14H,2-3,8-10,16H2,1H3. The van der Waals surface area contributed by atoms with Crippen LogP contribution in [0.2, 0.25) is 0 Å². The Morgan fingerprint density at radius 3 is 2.71 bits per heavy atom. The summed E-state index contributed by atoms with van der Waals surface area (Å²) in [7, 11) is 0. The van der Waals surface area contributed by atoms with Crippen LogP contribution < -0.4 is 5.73 Å². The second kappa shape index (κ2) is 5.98. The Morgan fingerprint density at radius 1 is 1.41 bits per heavy atom. The molecule has 3 heteroatoms. The SMILES string of the molecule is CC1CCCN(C(CN)c2ccc(Br)cc2)C1. The topological polar surface area (TPSA) is 29.3 Å². The quantitative estimate of drug-likeness (QED) is 0.928. The fourth-order valence-electron chi connectivity index (χ4n) is 2.69. The first kappa shape index (κ1) is 13.1. The van der Waals surface area contributed by atoms with E-state index >= 15 is 0 Å². The van der Waals surface area contributed by atoms with E-state index in [9.17, 15) is 0 Å². The number of piperidine rings is 1. The molecule has 94 valence electrons. The van der Waals surface area contributed by atoms with Crippen molar-refractivity contribution in [3.63, 3.8) is 0 Å². The van der Waals surface area contributed by atoms with Crippen molar-refractivity contribution < 1.29 is 0 Å². The molecule has 1 saturated heterocycles. The third-order valence-electron chi connectivity index (χ3n) is 3.61. The summed E-state index contributed by atoms with van der Waals surface area (Å²) in [5.74, 6) is 0.799. The normalized spacial score (nSPS) is 23.6. The molecule has 1 aromatic rings. The summed E-state index contributed by atoms with van der Waals surface area (Å²) < 4.78 is 1.13. The van der Waals surface area contributed by atoms with E-state index in [1.807, 2.05) is 0 Å². The lowest BCUT2D eigenvalue weighted by atomic mass is 9.96. The molecule has 1 heterocycles. The summed E-state index contributed by atoms with van der Waals surface area (Å²) in [6.07, 6.45) is 2.66. The van der Waals surface area contributed by atoms with Crippen LogP contribution in [0, 0.1) is 5.92 Å². The van der Waals surface area contributed by atoms with Crippen molar-refractivity contribution in [1.29, 1.82) is 0 Å². The van der Waals surface area contributed by atoms with Gasteiger partial charge in [0.1, 0.15) is 0 Å². The molecule has 0 bridgehead atoms. The summed E-state index contributed by atoms with van der Waals surface area (Å²) in [5, 5.41) is 0. The summed E-state index contributed by atoms with van der Waals surface area (Å²) in [6, 6.07) is 8.95. The van der Waals surface area contributed by atoms with Crippen molar-refractivity contribution in [2.45, 2.75) is 25.8 Å². The lowest BCUT2D eigenvalue weighted by Gasteiger charge is -2.37. The fraction of sp³-hybridized carbons (Fsp3) is 0.571. The van der Waals surface area contributed by atoms with E-state index in [-0.39, 0.29) is 0 Å². The van der Waals surface area contributed by atoms with E-state index in [0.717, 1.165) is 10.4 Å². The minimum atomic E-state index is 0.380. The molecule has 2 rings (SSSR count). The van der Waals surface area contributed by atoms with Crippen LogP contribution in [-0.2, 0) is 0 Å². The molecule has 17 heavy (non-hydrogen) atoms. The molecule has 1 aliphatic heterocycles. The highest BCUT2D eigenvalue weighted by atomic mass is 79.9. The van der Waals surface area contributed by atoms with Gasteiger partial charge in [0.2, 0.25) is 0 Å². The lowest BCUT2D eigenvalue weighted by molar-refractivity contribution is 0.133. The number of benzene rings is 1.